The first kappa shape index (κ1) is 14.2. The molecule has 1 heterocycles. The smallest absolute Gasteiger partial charge is 0.335 e. The molecule has 0 bridgehead atoms. The van der Waals surface area contributed by atoms with Crippen molar-refractivity contribution in [2.24, 2.45) is 5.92 Å². The molecule has 0 fully saturated rings. The van der Waals surface area contributed by atoms with Crippen molar-refractivity contribution in [3.05, 3.63) is 11.6 Å². The van der Waals surface area contributed by atoms with Crippen LogP contribution in [-0.2, 0) is 19.0 Å². The van der Waals surface area contributed by atoms with Crippen molar-refractivity contribution < 1.29 is 19.0 Å². The molecule has 98 valence electrons. The van der Waals surface area contributed by atoms with Crippen LogP contribution >= 0.6 is 0 Å². The number of hydrogen-bond acceptors (Lipinski definition) is 4. The van der Waals surface area contributed by atoms with Gasteiger partial charge < -0.3 is 14.2 Å². The lowest BCUT2D eigenvalue weighted by molar-refractivity contribution is -0.160. The molecule has 0 aromatic rings. The first-order valence-corrected chi connectivity index (χ1v) is 6.15. The molecule has 1 aliphatic heterocycles. The summed E-state index contributed by atoms with van der Waals surface area (Å²) in [5, 5.41) is 0. The Labute approximate surface area is 103 Å². The molecule has 0 radical (unpaired) electrons. The Balaban J connectivity index is 2.43. The summed E-state index contributed by atoms with van der Waals surface area (Å²) in [6.07, 6.45) is 3.50. The van der Waals surface area contributed by atoms with Gasteiger partial charge in [0.25, 0.3) is 0 Å². The maximum atomic E-state index is 11.7. The van der Waals surface area contributed by atoms with E-state index in [0.717, 1.165) is 18.4 Å². The number of ether oxygens (including phenoxy) is 3. The van der Waals surface area contributed by atoms with E-state index in [1.165, 1.54) is 0 Å². The topological polar surface area (TPSA) is 44.8 Å². The molecule has 0 N–H and O–H groups in total. The first-order valence-electron chi connectivity index (χ1n) is 6.15. The zero-order valence-corrected chi connectivity index (χ0v) is 10.9. The van der Waals surface area contributed by atoms with Crippen LogP contribution in [0.2, 0.25) is 0 Å². The van der Waals surface area contributed by atoms with E-state index in [4.69, 9.17) is 14.2 Å². The third kappa shape index (κ3) is 4.48. The van der Waals surface area contributed by atoms with Crippen LogP contribution in [0.25, 0.3) is 0 Å². The van der Waals surface area contributed by atoms with Crippen molar-refractivity contribution in [3.8, 4) is 0 Å². The summed E-state index contributed by atoms with van der Waals surface area (Å²) in [5.41, 5.74) is 1.08. The summed E-state index contributed by atoms with van der Waals surface area (Å²) >= 11 is 0. The summed E-state index contributed by atoms with van der Waals surface area (Å²) in [5.74, 6) is -0.207. The number of hydrogen-bond donors (Lipinski definition) is 0. The van der Waals surface area contributed by atoms with E-state index >= 15 is 0 Å². The Morgan fingerprint density at radius 1 is 1.59 bits per heavy atom. The van der Waals surface area contributed by atoms with Gasteiger partial charge in [-0.05, 0) is 12.0 Å². The van der Waals surface area contributed by atoms with E-state index < -0.39 is 6.10 Å². The summed E-state index contributed by atoms with van der Waals surface area (Å²) in [4.78, 5) is 11.7. The molecule has 0 aliphatic carbocycles. The molecule has 0 unspecified atom stereocenters. The van der Waals surface area contributed by atoms with Gasteiger partial charge in [0.05, 0.1) is 19.8 Å². The van der Waals surface area contributed by atoms with E-state index in [1.54, 1.807) is 7.11 Å². The fraction of sp³-hybridized carbons (Fsp3) is 0.769. The summed E-state index contributed by atoms with van der Waals surface area (Å²) in [6, 6.07) is 0. The molecule has 2 atom stereocenters. The van der Waals surface area contributed by atoms with Gasteiger partial charge in [0, 0.05) is 13.0 Å². The van der Waals surface area contributed by atoms with Gasteiger partial charge in [-0.15, -0.1) is 0 Å². The second-order valence-corrected chi connectivity index (χ2v) is 4.37. The highest BCUT2D eigenvalue weighted by Gasteiger charge is 2.29. The van der Waals surface area contributed by atoms with Crippen molar-refractivity contribution in [2.75, 3.05) is 26.9 Å². The number of carbonyl (C=O) groups excluding carboxylic acids is 1. The quantitative estimate of drug-likeness (QED) is 0.405. The van der Waals surface area contributed by atoms with Crippen LogP contribution in [0.15, 0.2) is 11.6 Å². The molecule has 1 aliphatic rings. The van der Waals surface area contributed by atoms with Crippen LogP contribution in [0.5, 0.6) is 0 Å². The van der Waals surface area contributed by atoms with E-state index in [0.29, 0.717) is 19.8 Å². The summed E-state index contributed by atoms with van der Waals surface area (Å²) in [7, 11) is 1.65. The molecular formula is C13H22O4. The van der Waals surface area contributed by atoms with Crippen molar-refractivity contribution in [1.29, 1.82) is 0 Å². The third-order valence-corrected chi connectivity index (χ3v) is 2.73. The summed E-state index contributed by atoms with van der Waals surface area (Å²) < 4.78 is 15.7. The normalized spacial score (nSPS) is 24.3. The number of unbranched alkanes of at least 4 members (excludes halogenated alkanes) is 1. The minimum Gasteiger partial charge on any atom is -0.464 e. The zero-order valence-electron chi connectivity index (χ0n) is 10.9. The van der Waals surface area contributed by atoms with Crippen molar-refractivity contribution in [3.63, 3.8) is 0 Å². The molecule has 0 aromatic carbocycles. The second-order valence-electron chi connectivity index (χ2n) is 4.37. The molecule has 0 amide bonds. The third-order valence-electron chi connectivity index (χ3n) is 2.73. The van der Waals surface area contributed by atoms with Crippen LogP contribution in [0.3, 0.4) is 0 Å². The van der Waals surface area contributed by atoms with Crippen LogP contribution < -0.4 is 0 Å². The van der Waals surface area contributed by atoms with Crippen molar-refractivity contribution in [2.45, 2.75) is 32.8 Å². The number of esters is 1. The molecule has 4 nitrogen and oxygen atoms in total. The Hall–Kier alpha value is -0.870. The Morgan fingerprint density at radius 2 is 2.35 bits per heavy atom. The first-order chi connectivity index (χ1) is 8.19. The molecule has 0 saturated heterocycles. The highest BCUT2D eigenvalue weighted by molar-refractivity contribution is 5.75. The fourth-order valence-electron chi connectivity index (χ4n) is 1.81. The number of rotatable bonds is 6. The van der Waals surface area contributed by atoms with Gasteiger partial charge in [0.2, 0.25) is 0 Å². The van der Waals surface area contributed by atoms with E-state index in [-0.39, 0.29) is 11.9 Å². The second kappa shape index (κ2) is 7.45. The molecule has 0 spiro atoms. The Kier molecular flexibility index (Phi) is 6.22. The van der Waals surface area contributed by atoms with Crippen LogP contribution in [-0.4, -0.2) is 39.0 Å². The minimum atomic E-state index is -0.465. The molecule has 17 heavy (non-hydrogen) atoms. The predicted molar refractivity (Wildman–Crippen MR) is 64.7 cm³/mol. The van der Waals surface area contributed by atoms with Crippen LogP contribution in [0, 0.1) is 5.92 Å². The maximum Gasteiger partial charge on any atom is 0.335 e. The Morgan fingerprint density at radius 3 is 2.94 bits per heavy atom. The van der Waals surface area contributed by atoms with Crippen molar-refractivity contribution in [1.82, 2.24) is 0 Å². The van der Waals surface area contributed by atoms with Gasteiger partial charge >= 0.3 is 5.97 Å². The van der Waals surface area contributed by atoms with Gasteiger partial charge in [-0.3, -0.25) is 0 Å². The zero-order chi connectivity index (χ0) is 12.7. The van der Waals surface area contributed by atoms with Gasteiger partial charge in [-0.2, -0.15) is 0 Å². The van der Waals surface area contributed by atoms with E-state index in [9.17, 15) is 4.79 Å². The lowest BCUT2D eigenvalue weighted by Crippen LogP contribution is -2.36. The minimum absolute atomic E-state index is 0.0445. The highest BCUT2D eigenvalue weighted by atomic mass is 16.6. The van der Waals surface area contributed by atoms with Crippen molar-refractivity contribution >= 4 is 5.97 Å². The van der Waals surface area contributed by atoms with Gasteiger partial charge in [0.15, 0.2) is 6.10 Å². The lowest BCUT2D eigenvalue weighted by Gasteiger charge is -2.26. The van der Waals surface area contributed by atoms with E-state index in [1.807, 2.05) is 13.0 Å². The number of methoxy groups -OCH3 is 1. The summed E-state index contributed by atoms with van der Waals surface area (Å²) in [6.45, 7) is 5.51. The van der Waals surface area contributed by atoms with Gasteiger partial charge in [-0.1, -0.05) is 26.3 Å². The molecular weight excluding hydrogens is 220 g/mol. The monoisotopic (exact) mass is 242 g/mol. The SMILES string of the molecule is CCCCOC(=O)[C@H]1OCC(COC)=C[C@H]1C. The maximum absolute atomic E-state index is 11.7. The standard InChI is InChI=1S/C13H22O4/c1-4-5-6-16-13(14)12-10(2)7-11(8-15-3)9-17-12/h7,10,12H,4-6,8-9H2,1-3H3/t10-,12+/m1/s1. The molecule has 0 saturated carbocycles. The highest BCUT2D eigenvalue weighted by Crippen LogP contribution is 2.20. The Bertz CT molecular complexity index is 273. The molecule has 1 rings (SSSR count). The largest absolute Gasteiger partial charge is 0.464 e. The molecule has 0 aromatic heterocycles. The van der Waals surface area contributed by atoms with Crippen LogP contribution in [0.1, 0.15) is 26.7 Å². The number of carbonyl (C=O) groups is 1. The predicted octanol–water partition coefficient (Wildman–Crippen LogP) is 1.94. The molecule has 4 heteroatoms. The van der Waals surface area contributed by atoms with Gasteiger partial charge in [0.1, 0.15) is 0 Å². The average Bonchev–Trinajstić information content (AvgIpc) is 2.29. The van der Waals surface area contributed by atoms with Crippen LogP contribution in [0.4, 0.5) is 0 Å². The average molecular weight is 242 g/mol. The van der Waals surface area contributed by atoms with E-state index in [2.05, 4.69) is 6.92 Å². The lowest BCUT2D eigenvalue weighted by atomic mass is 9.99. The van der Waals surface area contributed by atoms with Gasteiger partial charge in [-0.25, -0.2) is 4.79 Å². The fourth-order valence-corrected chi connectivity index (χ4v) is 1.81.